The first kappa shape index (κ1) is 20.9. The van der Waals surface area contributed by atoms with E-state index in [2.05, 4.69) is 44.8 Å². The highest BCUT2D eigenvalue weighted by atomic mass is 35.5. The third-order valence-corrected chi connectivity index (χ3v) is 5.27. The number of phenols is 1. The van der Waals surface area contributed by atoms with Crippen molar-refractivity contribution in [1.29, 1.82) is 0 Å². The highest BCUT2D eigenvalue weighted by molar-refractivity contribution is 6.33. The van der Waals surface area contributed by atoms with Crippen LogP contribution in [0.1, 0.15) is 18.4 Å². The van der Waals surface area contributed by atoms with Crippen LogP contribution >= 0.6 is 11.6 Å². The van der Waals surface area contributed by atoms with E-state index >= 15 is 0 Å². The second-order valence-corrected chi connectivity index (χ2v) is 7.68. The molecule has 0 bridgehead atoms. The SMILES string of the molecule is CC(Cn1ncc2c(Nc3cc(O)ccc3Cl)nc(NCCN)nc21)c1ccccc1. The van der Waals surface area contributed by atoms with Gasteiger partial charge in [0.2, 0.25) is 5.95 Å². The molecule has 0 spiro atoms. The highest BCUT2D eigenvalue weighted by Gasteiger charge is 2.16. The molecule has 2 aromatic heterocycles. The van der Waals surface area contributed by atoms with E-state index in [1.807, 2.05) is 22.9 Å². The number of nitrogens with two attached hydrogens (primary N) is 1. The molecule has 0 radical (unpaired) electrons. The lowest BCUT2D eigenvalue weighted by Crippen LogP contribution is -2.16. The zero-order chi connectivity index (χ0) is 21.8. The van der Waals surface area contributed by atoms with Crippen molar-refractivity contribution in [3.05, 3.63) is 65.3 Å². The number of halogens is 1. The quantitative estimate of drug-likeness (QED) is 0.328. The second-order valence-electron chi connectivity index (χ2n) is 7.28. The van der Waals surface area contributed by atoms with Gasteiger partial charge in [0.15, 0.2) is 5.65 Å². The van der Waals surface area contributed by atoms with Gasteiger partial charge in [-0.05, 0) is 17.7 Å². The fourth-order valence-corrected chi connectivity index (χ4v) is 3.50. The zero-order valence-electron chi connectivity index (χ0n) is 17.1. The summed E-state index contributed by atoms with van der Waals surface area (Å²) in [5.74, 6) is 1.32. The lowest BCUT2D eigenvalue weighted by molar-refractivity contribution is 0.475. The summed E-state index contributed by atoms with van der Waals surface area (Å²) >= 11 is 6.29. The van der Waals surface area contributed by atoms with E-state index in [4.69, 9.17) is 17.3 Å². The molecule has 0 aliphatic carbocycles. The molecule has 0 fully saturated rings. The maximum atomic E-state index is 9.84. The Bertz CT molecular complexity index is 1180. The maximum absolute atomic E-state index is 9.84. The average Bonchev–Trinajstić information content (AvgIpc) is 3.18. The summed E-state index contributed by atoms with van der Waals surface area (Å²) in [6.45, 7) is 3.80. The van der Waals surface area contributed by atoms with Crippen molar-refractivity contribution in [3.8, 4) is 5.75 Å². The van der Waals surface area contributed by atoms with Crippen LogP contribution in [0.5, 0.6) is 5.75 Å². The number of phenolic OH excluding ortho intramolecular Hbond substituents is 1. The number of aromatic nitrogens is 4. The predicted molar refractivity (Wildman–Crippen MR) is 124 cm³/mol. The fourth-order valence-electron chi connectivity index (χ4n) is 3.33. The van der Waals surface area contributed by atoms with Crippen molar-refractivity contribution in [1.82, 2.24) is 19.7 Å². The van der Waals surface area contributed by atoms with E-state index in [-0.39, 0.29) is 11.7 Å². The number of fused-ring (bicyclic) bond motifs is 1. The van der Waals surface area contributed by atoms with Gasteiger partial charge in [0.25, 0.3) is 0 Å². The van der Waals surface area contributed by atoms with Crippen LogP contribution < -0.4 is 16.4 Å². The monoisotopic (exact) mass is 437 g/mol. The van der Waals surface area contributed by atoms with Crippen LogP contribution in [-0.2, 0) is 6.54 Å². The van der Waals surface area contributed by atoms with E-state index in [9.17, 15) is 5.11 Å². The number of anilines is 3. The minimum Gasteiger partial charge on any atom is -0.508 e. The molecule has 0 saturated heterocycles. The minimum absolute atomic E-state index is 0.103. The molecule has 1 unspecified atom stereocenters. The van der Waals surface area contributed by atoms with E-state index < -0.39 is 0 Å². The molecule has 9 heteroatoms. The van der Waals surface area contributed by atoms with E-state index in [1.165, 1.54) is 11.6 Å². The molecule has 0 amide bonds. The van der Waals surface area contributed by atoms with Crippen LogP contribution in [0.4, 0.5) is 17.5 Å². The molecule has 2 aromatic carbocycles. The van der Waals surface area contributed by atoms with Crippen molar-refractivity contribution in [2.24, 2.45) is 5.73 Å². The van der Waals surface area contributed by atoms with Crippen LogP contribution in [0.15, 0.2) is 54.7 Å². The first-order valence-electron chi connectivity index (χ1n) is 10.0. The maximum Gasteiger partial charge on any atom is 0.226 e. The van der Waals surface area contributed by atoms with Gasteiger partial charge < -0.3 is 21.5 Å². The molecular formula is C22H24ClN7O. The molecule has 8 nitrogen and oxygen atoms in total. The molecule has 5 N–H and O–H groups in total. The Morgan fingerprint density at radius 2 is 1.97 bits per heavy atom. The van der Waals surface area contributed by atoms with Gasteiger partial charge in [0, 0.05) is 31.6 Å². The Morgan fingerprint density at radius 1 is 1.16 bits per heavy atom. The molecule has 0 aliphatic heterocycles. The smallest absolute Gasteiger partial charge is 0.226 e. The van der Waals surface area contributed by atoms with Gasteiger partial charge >= 0.3 is 0 Å². The topological polar surface area (TPSA) is 114 Å². The lowest BCUT2D eigenvalue weighted by Gasteiger charge is -2.14. The Kier molecular flexibility index (Phi) is 6.20. The summed E-state index contributed by atoms with van der Waals surface area (Å²) < 4.78 is 1.87. The van der Waals surface area contributed by atoms with Crippen LogP contribution in [0.25, 0.3) is 11.0 Å². The minimum atomic E-state index is 0.103. The summed E-state index contributed by atoms with van der Waals surface area (Å²) in [4.78, 5) is 9.23. The number of nitrogens with one attached hydrogen (secondary N) is 2. The molecule has 4 aromatic rings. The fraction of sp³-hybridized carbons (Fsp3) is 0.227. The molecule has 1 atom stereocenters. The molecule has 4 rings (SSSR count). The summed E-state index contributed by atoms with van der Waals surface area (Å²) in [6.07, 6.45) is 1.73. The molecular weight excluding hydrogens is 414 g/mol. The van der Waals surface area contributed by atoms with Gasteiger partial charge in [-0.1, -0.05) is 48.9 Å². The molecule has 0 aliphatic rings. The van der Waals surface area contributed by atoms with Crippen molar-refractivity contribution in [2.75, 3.05) is 23.7 Å². The van der Waals surface area contributed by atoms with Crippen LogP contribution in [0.2, 0.25) is 5.02 Å². The van der Waals surface area contributed by atoms with Gasteiger partial charge in [0.05, 0.1) is 22.3 Å². The van der Waals surface area contributed by atoms with Crippen LogP contribution in [-0.4, -0.2) is 37.9 Å². The third kappa shape index (κ3) is 4.70. The van der Waals surface area contributed by atoms with Crippen molar-refractivity contribution in [2.45, 2.75) is 19.4 Å². The van der Waals surface area contributed by atoms with Crippen molar-refractivity contribution >= 4 is 40.1 Å². The number of hydrogen-bond acceptors (Lipinski definition) is 7. The summed E-state index contributed by atoms with van der Waals surface area (Å²) in [5.41, 5.74) is 8.09. The number of nitrogens with zero attached hydrogens (tertiary/aromatic N) is 4. The van der Waals surface area contributed by atoms with Gasteiger partial charge in [0.1, 0.15) is 11.6 Å². The Hall–Kier alpha value is -3.36. The molecule has 2 heterocycles. The molecule has 0 saturated carbocycles. The van der Waals surface area contributed by atoms with Crippen molar-refractivity contribution < 1.29 is 5.11 Å². The largest absolute Gasteiger partial charge is 0.508 e. The summed E-state index contributed by atoms with van der Waals surface area (Å²) in [6, 6.07) is 15.0. The van der Waals surface area contributed by atoms with Crippen LogP contribution in [0.3, 0.4) is 0 Å². The first-order chi connectivity index (χ1) is 15.0. The van der Waals surface area contributed by atoms with Gasteiger partial charge in [-0.25, -0.2) is 4.68 Å². The summed E-state index contributed by atoms with van der Waals surface area (Å²) in [5, 5.41) is 21.9. The van der Waals surface area contributed by atoms with Gasteiger partial charge in [-0.2, -0.15) is 15.1 Å². The predicted octanol–water partition coefficient (Wildman–Crippen LogP) is 4.10. The highest BCUT2D eigenvalue weighted by Crippen LogP contribution is 2.32. The number of rotatable bonds is 8. The second kappa shape index (κ2) is 9.20. The van der Waals surface area contributed by atoms with E-state index in [1.54, 1.807) is 18.3 Å². The van der Waals surface area contributed by atoms with Crippen molar-refractivity contribution in [3.63, 3.8) is 0 Å². The molecule has 160 valence electrons. The van der Waals surface area contributed by atoms with E-state index in [0.717, 1.165) is 5.39 Å². The Labute approximate surface area is 185 Å². The zero-order valence-corrected chi connectivity index (χ0v) is 17.8. The third-order valence-electron chi connectivity index (χ3n) is 4.94. The van der Waals surface area contributed by atoms with Crippen LogP contribution in [0, 0.1) is 0 Å². The van der Waals surface area contributed by atoms with Gasteiger partial charge in [-0.3, -0.25) is 0 Å². The Morgan fingerprint density at radius 3 is 2.74 bits per heavy atom. The standard InChI is InChI=1S/C22H24ClN7O/c1-14(15-5-3-2-4-6-15)13-30-21-17(12-26-30)20(28-22(29-21)25-10-9-24)27-19-11-16(31)7-8-18(19)23/h2-8,11-12,14,31H,9-10,13,24H2,1H3,(H2,25,27,28,29). The van der Waals surface area contributed by atoms with Gasteiger partial charge in [-0.15, -0.1) is 0 Å². The number of hydrogen-bond donors (Lipinski definition) is 4. The average molecular weight is 438 g/mol. The molecule has 31 heavy (non-hydrogen) atoms. The number of aromatic hydroxyl groups is 1. The van der Waals surface area contributed by atoms with E-state index in [0.29, 0.717) is 47.8 Å². The lowest BCUT2D eigenvalue weighted by atomic mass is 10.0. The Balaban J connectivity index is 1.72. The summed E-state index contributed by atoms with van der Waals surface area (Å²) in [7, 11) is 0. The normalized spacial score (nSPS) is 12.1. The number of benzene rings is 2. The first-order valence-corrected chi connectivity index (χ1v) is 10.4.